The topological polar surface area (TPSA) is 82.8 Å². The van der Waals surface area contributed by atoms with Crippen molar-refractivity contribution in [1.29, 1.82) is 0 Å². The highest BCUT2D eigenvalue weighted by Crippen LogP contribution is 2.37. The Morgan fingerprint density at radius 2 is 2.05 bits per heavy atom. The molecular weight excluding hydrogens is 278 g/mol. The van der Waals surface area contributed by atoms with Crippen LogP contribution in [0.15, 0.2) is 4.52 Å². The number of hydrogen-bond acceptors (Lipinski definition) is 5. The second-order valence-electron chi connectivity index (χ2n) is 6.92. The lowest BCUT2D eigenvalue weighted by Crippen LogP contribution is -2.44. The fraction of sp³-hybridized carbons (Fsp3) is 0.688. The number of rotatable bonds is 5. The zero-order valence-electron chi connectivity index (χ0n) is 13.9. The molecule has 1 aliphatic rings. The third-order valence-corrected chi connectivity index (χ3v) is 4.56. The van der Waals surface area contributed by atoms with Crippen molar-refractivity contribution in [2.24, 2.45) is 11.7 Å². The zero-order chi connectivity index (χ0) is 15.9. The molecule has 1 aliphatic carbocycles. The molecule has 0 saturated heterocycles. The number of nitrogens with zero attached hydrogens (tertiary/aromatic N) is 4. The number of hydrogen-bond donors (Lipinski definition) is 1. The van der Waals surface area contributed by atoms with E-state index in [9.17, 15) is 0 Å². The van der Waals surface area contributed by atoms with E-state index in [1.807, 2.05) is 6.92 Å². The van der Waals surface area contributed by atoms with Crippen molar-refractivity contribution in [2.45, 2.75) is 65.5 Å². The quantitative estimate of drug-likeness (QED) is 0.917. The summed E-state index contributed by atoms with van der Waals surface area (Å²) in [5, 5.41) is 8.71. The van der Waals surface area contributed by atoms with Gasteiger partial charge >= 0.3 is 0 Å². The highest BCUT2D eigenvalue weighted by Gasteiger charge is 2.39. The molecule has 6 heteroatoms. The molecule has 2 heterocycles. The van der Waals surface area contributed by atoms with Crippen LogP contribution in [0.1, 0.15) is 61.8 Å². The van der Waals surface area contributed by atoms with Crippen LogP contribution < -0.4 is 5.73 Å². The molecule has 0 unspecified atom stereocenters. The van der Waals surface area contributed by atoms with E-state index in [-0.39, 0.29) is 5.54 Å². The smallest absolute Gasteiger partial charge is 0.231 e. The van der Waals surface area contributed by atoms with Gasteiger partial charge in [-0.1, -0.05) is 19.0 Å². The van der Waals surface area contributed by atoms with Crippen molar-refractivity contribution < 1.29 is 4.52 Å². The number of nitrogens with two attached hydrogens (primary N) is 1. The van der Waals surface area contributed by atoms with Gasteiger partial charge in [-0.05, 0) is 39.0 Å². The lowest BCUT2D eigenvalue weighted by Gasteiger charge is -2.34. The molecule has 0 amide bonds. The van der Waals surface area contributed by atoms with E-state index in [0.717, 1.165) is 31.5 Å². The molecule has 0 spiro atoms. The number of aryl methyl sites for hydroxylation is 1. The summed E-state index contributed by atoms with van der Waals surface area (Å²) in [5.74, 6) is 1.84. The standard InChI is InChI=1S/C16H25N5O/c1-10(2)9-21-12(4)13(11(3)19-21)8-14-18-15(20-22-14)16(17)6-5-7-16/h10H,5-9,17H2,1-4H3. The van der Waals surface area contributed by atoms with Gasteiger partial charge in [0.2, 0.25) is 5.89 Å². The molecule has 6 nitrogen and oxygen atoms in total. The second-order valence-corrected chi connectivity index (χ2v) is 6.92. The van der Waals surface area contributed by atoms with Gasteiger partial charge in [-0.3, -0.25) is 4.68 Å². The van der Waals surface area contributed by atoms with Gasteiger partial charge in [-0.2, -0.15) is 10.1 Å². The van der Waals surface area contributed by atoms with Gasteiger partial charge in [0.05, 0.1) is 17.7 Å². The van der Waals surface area contributed by atoms with Crippen LogP contribution in [-0.2, 0) is 18.5 Å². The normalized spacial score (nSPS) is 17.0. The molecule has 2 N–H and O–H groups in total. The first-order chi connectivity index (χ1) is 10.4. The van der Waals surface area contributed by atoms with Crippen LogP contribution >= 0.6 is 0 Å². The minimum atomic E-state index is -0.367. The Bertz CT molecular complexity index is 666. The molecule has 3 rings (SSSR count). The SMILES string of the molecule is Cc1nn(CC(C)C)c(C)c1Cc1nc(C2(N)CCC2)no1. The summed E-state index contributed by atoms with van der Waals surface area (Å²) in [4.78, 5) is 4.51. The van der Waals surface area contributed by atoms with Crippen LogP contribution in [0.3, 0.4) is 0 Å². The van der Waals surface area contributed by atoms with E-state index in [0.29, 0.717) is 24.1 Å². The molecule has 0 radical (unpaired) electrons. The Hall–Kier alpha value is -1.69. The minimum Gasteiger partial charge on any atom is -0.339 e. The predicted molar refractivity (Wildman–Crippen MR) is 83.4 cm³/mol. The highest BCUT2D eigenvalue weighted by molar-refractivity contribution is 5.27. The van der Waals surface area contributed by atoms with Crippen LogP contribution in [0.25, 0.3) is 0 Å². The van der Waals surface area contributed by atoms with Crippen molar-refractivity contribution >= 4 is 0 Å². The van der Waals surface area contributed by atoms with Crippen molar-refractivity contribution in [3.05, 3.63) is 28.7 Å². The third-order valence-electron chi connectivity index (χ3n) is 4.56. The first-order valence-electron chi connectivity index (χ1n) is 8.04. The van der Waals surface area contributed by atoms with E-state index in [4.69, 9.17) is 10.3 Å². The molecule has 0 aliphatic heterocycles. The Labute approximate surface area is 131 Å². The Morgan fingerprint density at radius 3 is 2.64 bits per heavy atom. The lowest BCUT2D eigenvalue weighted by molar-refractivity contribution is 0.229. The summed E-state index contributed by atoms with van der Waals surface area (Å²) in [6, 6.07) is 0. The Morgan fingerprint density at radius 1 is 1.32 bits per heavy atom. The van der Waals surface area contributed by atoms with Gasteiger partial charge < -0.3 is 10.3 Å². The van der Waals surface area contributed by atoms with Crippen molar-refractivity contribution in [3.8, 4) is 0 Å². The van der Waals surface area contributed by atoms with Gasteiger partial charge in [-0.25, -0.2) is 0 Å². The van der Waals surface area contributed by atoms with Crippen LogP contribution in [0, 0.1) is 19.8 Å². The molecule has 120 valence electrons. The maximum absolute atomic E-state index is 6.25. The molecule has 1 fully saturated rings. The molecule has 0 bridgehead atoms. The maximum atomic E-state index is 6.25. The Kier molecular flexibility index (Phi) is 3.80. The Balaban J connectivity index is 1.80. The zero-order valence-corrected chi connectivity index (χ0v) is 13.9. The summed E-state index contributed by atoms with van der Waals surface area (Å²) in [6.07, 6.45) is 3.64. The average molecular weight is 303 g/mol. The van der Waals surface area contributed by atoms with Gasteiger partial charge in [0.25, 0.3) is 0 Å². The highest BCUT2D eigenvalue weighted by atomic mass is 16.5. The fourth-order valence-corrected chi connectivity index (χ4v) is 2.97. The first-order valence-corrected chi connectivity index (χ1v) is 8.04. The van der Waals surface area contributed by atoms with Crippen LogP contribution in [-0.4, -0.2) is 19.9 Å². The maximum Gasteiger partial charge on any atom is 0.231 e. The second kappa shape index (κ2) is 5.50. The summed E-state index contributed by atoms with van der Waals surface area (Å²) >= 11 is 0. The third kappa shape index (κ3) is 2.67. The van der Waals surface area contributed by atoms with Gasteiger partial charge in [0, 0.05) is 17.8 Å². The van der Waals surface area contributed by atoms with Crippen molar-refractivity contribution in [2.75, 3.05) is 0 Å². The first kappa shape index (κ1) is 15.2. The molecule has 22 heavy (non-hydrogen) atoms. The van der Waals surface area contributed by atoms with Crippen LogP contribution in [0.4, 0.5) is 0 Å². The average Bonchev–Trinajstić information content (AvgIpc) is 2.97. The summed E-state index contributed by atoms with van der Waals surface area (Å²) in [5.41, 5.74) is 9.27. The largest absolute Gasteiger partial charge is 0.339 e. The van der Waals surface area contributed by atoms with Crippen molar-refractivity contribution in [3.63, 3.8) is 0 Å². The van der Waals surface area contributed by atoms with Crippen LogP contribution in [0.5, 0.6) is 0 Å². The monoisotopic (exact) mass is 303 g/mol. The van der Waals surface area contributed by atoms with Gasteiger partial charge in [0.1, 0.15) is 0 Å². The van der Waals surface area contributed by atoms with Crippen LogP contribution in [0.2, 0.25) is 0 Å². The molecule has 1 saturated carbocycles. The van der Waals surface area contributed by atoms with E-state index >= 15 is 0 Å². The summed E-state index contributed by atoms with van der Waals surface area (Å²) in [7, 11) is 0. The predicted octanol–water partition coefficient (Wildman–Crippen LogP) is 2.47. The van der Waals surface area contributed by atoms with Gasteiger partial charge in [0.15, 0.2) is 5.82 Å². The molecule has 2 aromatic rings. The molecule has 2 aromatic heterocycles. The number of aromatic nitrogens is 4. The lowest BCUT2D eigenvalue weighted by atomic mass is 9.77. The molecular formula is C16H25N5O. The van der Waals surface area contributed by atoms with E-state index in [1.165, 1.54) is 11.3 Å². The van der Waals surface area contributed by atoms with Crippen molar-refractivity contribution in [1.82, 2.24) is 19.9 Å². The summed E-state index contributed by atoms with van der Waals surface area (Å²) in [6.45, 7) is 9.45. The fourth-order valence-electron chi connectivity index (χ4n) is 2.97. The minimum absolute atomic E-state index is 0.367. The molecule has 0 aromatic carbocycles. The van der Waals surface area contributed by atoms with E-state index in [2.05, 4.69) is 40.7 Å². The summed E-state index contributed by atoms with van der Waals surface area (Å²) < 4.78 is 7.49. The van der Waals surface area contributed by atoms with E-state index < -0.39 is 0 Å². The molecule has 0 atom stereocenters. The van der Waals surface area contributed by atoms with Gasteiger partial charge in [-0.15, -0.1) is 0 Å². The van der Waals surface area contributed by atoms with E-state index in [1.54, 1.807) is 0 Å².